The number of halogens is 2. The van der Waals surface area contributed by atoms with Crippen molar-refractivity contribution in [3.63, 3.8) is 0 Å². The molecule has 0 aromatic heterocycles. The van der Waals surface area contributed by atoms with Gasteiger partial charge in [-0.3, -0.25) is 0 Å². The van der Waals surface area contributed by atoms with Crippen LogP contribution in [0.5, 0.6) is 5.75 Å². The molecule has 0 saturated heterocycles. The van der Waals surface area contributed by atoms with E-state index in [9.17, 15) is 0 Å². The van der Waals surface area contributed by atoms with Gasteiger partial charge in [-0.25, -0.2) is 0 Å². The minimum atomic E-state index is 0.710. The summed E-state index contributed by atoms with van der Waals surface area (Å²) in [5.41, 5.74) is 2.45. The highest BCUT2D eigenvalue weighted by atomic mass is 79.9. The van der Waals surface area contributed by atoms with Crippen molar-refractivity contribution in [3.8, 4) is 5.75 Å². The van der Waals surface area contributed by atoms with Gasteiger partial charge in [0.15, 0.2) is 0 Å². The van der Waals surface area contributed by atoms with Gasteiger partial charge in [-0.05, 0) is 37.1 Å². The fraction of sp³-hybridized carbons (Fsp3) is 0.400. The minimum Gasteiger partial charge on any atom is -0.492 e. The van der Waals surface area contributed by atoms with Crippen LogP contribution < -0.4 is 4.74 Å². The molecule has 0 N–H and O–H groups in total. The van der Waals surface area contributed by atoms with Crippen molar-refractivity contribution in [1.29, 1.82) is 0 Å². The predicted molar refractivity (Wildman–Crippen MR) is 62.9 cm³/mol. The second-order valence-electron chi connectivity index (χ2n) is 2.83. The van der Waals surface area contributed by atoms with Gasteiger partial charge >= 0.3 is 0 Å². The smallest absolute Gasteiger partial charge is 0.122 e. The number of rotatable bonds is 3. The molecule has 0 radical (unpaired) electrons. The molecule has 0 spiro atoms. The lowest BCUT2D eigenvalue weighted by Crippen LogP contribution is -2.00. The summed E-state index contributed by atoms with van der Waals surface area (Å²) in [6.07, 6.45) is 0. The number of benzene rings is 1. The maximum Gasteiger partial charge on any atom is 0.122 e. The van der Waals surface area contributed by atoms with Crippen molar-refractivity contribution >= 4 is 31.9 Å². The van der Waals surface area contributed by atoms with Gasteiger partial charge < -0.3 is 4.74 Å². The monoisotopic (exact) mass is 306 g/mol. The van der Waals surface area contributed by atoms with Gasteiger partial charge in [0.05, 0.1) is 6.61 Å². The lowest BCUT2D eigenvalue weighted by molar-refractivity contribution is 0.342. The molecule has 0 aliphatic heterocycles. The Hall–Kier alpha value is -0.0200. The molecule has 1 aromatic rings. The second kappa shape index (κ2) is 5.01. The molecule has 0 saturated carbocycles. The van der Waals surface area contributed by atoms with Crippen LogP contribution >= 0.6 is 31.9 Å². The summed E-state index contributed by atoms with van der Waals surface area (Å²) in [5.74, 6) is 0.972. The average molecular weight is 308 g/mol. The molecule has 72 valence electrons. The zero-order chi connectivity index (χ0) is 9.84. The highest BCUT2D eigenvalue weighted by Crippen LogP contribution is 2.27. The van der Waals surface area contributed by atoms with Crippen molar-refractivity contribution in [3.05, 3.63) is 27.7 Å². The summed E-state index contributed by atoms with van der Waals surface area (Å²) in [7, 11) is 0. The van der Waals surface area contributed by atoms with E-state index < -0.39 is 0 Å². The number of hydrogen-bond acceptors (Lipinski definition) is 1. The Labute approximate surface area is 95.7 Å². The van der Waals surface area contributed by atoms with Crippen molar-refractivity contribution in [1.82, 2.24) is 0 Å². The summed E-state index contributed by atoms with van der Waals surface area (Å²) in [6.45, 7) is 4.87. The lowest BCUT2D eigenvalue weighted by Gasteiger charge is -2.10. The number of alkyl halides is 1. The first kappa shape index (κ1) is 11.1. The highest BCUT2D eigenvalue weighted by Gasteiger charge is 2.04. The summed E-state index contributed by atoms with van der Waals surface area (Å²) in [4.78, 5) is 0. The van der Waals surface area contributed by atoms with Crippen LogP contribution in [0.15, 0.2) is 16.6 Å². The summed E-state index contributed by atoms with van der Waals surface area (Å²) >= 11 is 6.81. The second-order valence-corrected chi connectivity index (χ2v) is 4.48. The minimum absolute atomic E-state index is 0.710. The van der Waals surface area contributed by atoms with Gasteiger partial charge in [-0.2, -0.15) is 0 Å². The van der Waals surface area contributed by atoms with Crippen LogP contribution in [-0.4, -0.2) is 11.9 Å². The van der Waals surface area contributed by atoms with Gasteiger partial charge in [0.1, 0.15) is 5.75 Å². The van der Waals surface area contributed by atoms with E-state index in [0.29, 0.717) is 6.61 Å². The average Bonchev–Trinajstić information content (AvgIpc) is 2.13. The Bertz CT molecular complexity index is 297. The van der Waals surface area contributed by atoms with E-state index in [0.717, 1.165) is 15.6 Å². The van der Waals surface area contributed by atoms with Crippen molar-refractivity contribution in [2.24, 2.45) is 0 Å². The standard InChI is InChI=1S/C10H12Br2O/c1-7-8(2)10(13-6-5-11)4-3-9(7)12/h3-4H,5-6H2,1-2H3. The van der Waals surface area contributed by atoms with Crippen molar-refractivity contribution in [2.75, 3.05) is 11.9 Å². The Morgan fingerprint density at radius 2 is 1.92 bits per heavy atom. The van der Waals surface area contributed by atoms with Crippen LogP contribution in [-0.2, 0) is 0 Å². The third-order valence-corrected chi connectivity index (χ3v) is 3.19. The Morgan fingerprint density at radius 3 is 2.54 bits per heavy atom. The van der Waals surface area contributed by atoms with E-state index >= 15 is 0 Å². The molecule has 1 aromatic carbocycles. The fourth-order valence-electron chi connectivity index (χ4n) is 1.07. The third-order valence-electron chi connectivity index (χ3n) is 2.01. The highest BCUT2D eigenvalue weighted by molar-refractivity contribution is 9.10. The molecule has 0 atom stereocenters. The summed E-state index contributed by atoms with van der Waals surface area (Å²) in [5, 5.41) is 0.863. The first-order valence-corrected chi connectivity index (χ1v) is 6.02. The van der Waals surface area contributed by atoms with Crippen LogP contribution in [0.3, 0.4) is 0 Å². The van der Waals surface area contributed by atoms with Gasteiger partial charge in [0.2, 0.25) is 0 Å². The molecular formula is C10H12Br2O. The molecule has 0 unspecified atom stereocenters. The first-order chi connectivity index (χ1) is 6.16. The topological polar surface area (TPSA) is 9.23 Å². The summed E-state index contributed by atoms with van der Waals surface area (Å²) < 4.78 is 6.69. The van der Waals surface area contributed by atoms with Gasteiger partial charge in [-0.1, -0.05) is 31.9 Å². The van der Waals surface area contributed by atoms with E-state index in [1.54, 1.807) is 0 Å². The Kier molecular flexibility index (Phi) is 4.26. The van der Waals surface area contributed by atoms with Crippen LogP contribution in [0.2, 0.25) is 0 Å². The maximum atomic E-state index is 5.55. The van der Waals surface area contributed by atoms with Gasteiger partial charge in [-0.15, -0.1) is 0 Å². The molecule has 0 bridgehead atoms. The maximum absolute atomic E-state index is 5.55. The molecular weight excluding hydrogens is 296 g/mol. The molecule has 1 rings (SSSR count). The molecule has 13 heavy (non-hydrogen) atoms. The van der Waals surface area contributed by atoms with Crippen molar-refractivity contribution < 1.29 is 4.74 Å². The van der Waals surface area contributed by atoms with Gasteiger partial charge in [0, 0.05) is 9.80 Å². The molecule has 3 heteroatoms. The Morgan fingerprint density at radius 1 is 1.23 bits per heavy atom. The van der Waals surface area contributed by atoms with Crippen LogP contribution in [0.25, 0.3) is 0 Å². The molecule has 0 aliphatic carbocycles. The summed E-state index contributed by atoms with van der Waals surface area (Å²) in [6, 6.07) is 4.01. The number of ether oxygens (including phenoxy) is 1. The third kappa shape index (κ3) is 2.71. The van der Waals surface area contributed by atoms with E-state index in [4.69, 9.17) is 4.74 Å². The van der Waals surface area contributed by atoms with Crippen LogP contribution in [0.1, 0.15) is 11.1 Å². The normalized spacial score (nSPS) is 10.2. The van der Waals surface area contributed by atoms with E-state index in [-0.39, 0.29) is 0 Å². The van der Waals surface area contributed by atoms with Crippen LogP contribution in [0, 0.1) is 13.8 Å². The lowest BCUT2D eigenvalue weighted by atomic mass is 10.1. The Balaban J connectivity index is 2.90. The van der Waals surface area contributed by atoms with Crippen molar-refractivity contribution in [2.45, 2.75) is 13.8 Å². The molecule has 0 heterocycles. The van der Waals surface area contributed by atoms with E-state index in [1.807, 2.05) is 12.1 Å². The first-order valence-electron chi connectivity index (χ1n) is 4.11. The molecule has 1 nitrogen and oxygen atoms in total. The van der Waals surface area contributed by atoms with Gasteiger partial charge in [0.25, 0.3) is 0 Å². The van der Waals surface area contributed by atoms with E-state index in [2.05, 4.69) is 45.7 Å². The predicted octanol–water partition coefficient (Wildman–Crippen LogP) is 3.84. The van der Waals surface area contributed by atoms with Crippen LogP contribution in [0.4, 0.5) is 0 Å². The molecule has 0 amide bonds. The largest absolute Gasteiger partial charge is 0.492 e. The quantitative estimate of drug-likeness (QED) is 0.771. The van der Waals surface area contributed by atoms with E-state index in [1.165, 1.54) is 11.1 Å². The fourth-order valence-corrected chi connectivity index (χ4v) is 1.66. The molecule has 0 fully saturated rings. The molecule has 0 aliphatic rings. The SMILES string of the molecule is Cc1c(Br)ccc(OCCBr)c1C. The number of hydrogen-bond donors (Lipinski definition) is 0. The zero-order valence-electron chi connectivity index (χ0n) is 7.73. The zero-order valence-corrected chi connectivity index (χ0v) is 10.9.